The quantitative estimate of drug-likeness (QED) is 0.798. The molecule has 1 aromatic heterocycles. The highest BCUT2D eigenvalue weighted by Gasteiger charge is 2.16. The van der Waals surface area contributed by atoms with E-state index in [2.05, 4.69) is 30.2 Å². The topological polar surface area (TPSA) is 70.7 Å². The standard InChI is InChI=1S/C19H18N4O/c1-13(2)19-22-16-9-5-6-10-17(16)23(19)12-18(24)21-15-8-4-3-7-14(15)11-20/h3-10,13H,12H2,1-2H3,(H,21,24). The monoisotopic (exact) mass is 318 g/mol. The summed E-state index contributed by atoms with van der Waals surface area (Å²) in [5.41, 5.74) is 2.79. The summed E-state index contributed by atoms with van der Waals surface area (Å²) in [6.45, 7) is 4.27. The Morgan fingerprint density at radius 2 is 1.92 bits per heavy atom. The van der Waals surface area contributed by atoms with Crippen LogP contribution in [-0.2, 0) is 11.3 Å². The molecule has 0 unspecified atom stereocenters. The van der Waals surface area contributed by atoms with E-state index in [0.717, 1.165) is 16.9 Å². The van der Waals surface area contributed by atoms with E-state index in [1.807, 2.05) is 28.8 Å². The van der Waals surface area contributed by atoms with Crippen molar-refractivity contribution in [1.29, 1.82) is 5.26 Å². The minimum Gasteiger partial charge on any atom is -0.323 e. The summed E-state index contributed by atoms with van der Waals surface area (Å²) >= 11 is 0. The molecule has 120 valence electrons. The third-order valence-electron chi connectivity index (χ3n) is 3.82. The fraction of sp³-hybridized carbons (Fsp3) is 0.211. The van der Waals surface area contributed by atoms with Gasteiger partial charge in [-0.1, -0.05) is 38.1 Å². The molecule has 0 aliphatic heterocycles. The number of nitrogens with one attached hydrogen (secondary N) is 1. The van der Waals surface area contributed by atoms with E-state index in [-0.39, 0.29) is 18.4 Å². The maximum atomic E-state index is 12.5. The van der Waals surface area contributed by atoms with Crippen LogP contribution in [0.3, 0.4) is 0 Å². The molecule has 0 radical (unpaired) electrons. The fourth-order valence-corrected chi connectivity index (χ4v) is 2.72. The first kappa shape index (κ1) is 15.8. The molecule has 2 aromatic carbocycles. The predicted molar refractivity (Wildman–Crippen MR) is 93.6 cm³/mol. The van der Waals surface area contributed by atoms with E-state index in [0.29, 0.717) is 11.3 Å². The van der Waals surface area contributed by atoms with Crippen molar-refractivity contribution in [3.8, 4) is 6.07 Å². The lowest BCUT2D eigenvalue weighted by atomic mass is 10.2. The van der Waals surface area contributed by atoms with Gasteiger partial charge in [-0.3, -0.25) is 4.79 Å². The molecule has 1 heterocycles. The number of carbonyl (C=O) groups is 1. The first-order valence-electron chi connectivity index (χ1n) is 7.84. The van der Waals surface area contributed by atoms with Crippen LogP contribution in [0.1, 0.15) is 31.2 Å². The van der Waals surface area contributed by atoms with Crippen molar-refractivity contribution in [3.05, 3.63) is 59.9 Å². The van der Waals surface area contributed by atoms with Crippen molar-refractivity contribution in [1.82, 2.24) is 9.55 Å². The lowest BCUT2D eigenvalue weighted by Gasteiger charge is -2.12. The lowest BCUT2D eigenvalue weighted by molar-refractivity contribution is -0.116. The molecule has 3 rings (SSSR count). The first-order chi connectivity index (χ1) is 11.6. The zero-order valence-corrected chi connectivity index (χ0v) is 13.7. The average molecular weight is 318 g/mol. The summed E-state index contributed by atoms with van der Waals surface area (Å²) in [4.78, 5) is 17.1. The van der Waals surface area contributed by atoms with Gasteiger partial charge in [0.05, 0.1) is 22.3 Å². The molecular formula is C19H18N4O. The lowest BCUT2D eigenvalue weighted by Crippen LogP contribution is -2.21. The van der Waals surface area contributed by atoms with Gasteiger partial charge in [-0.05, 0) is 24.3 Å². The second-order valence-corrected chi connectivity index (χ2v) is 5.91. The van der Waals surface area contributed by atoms with Crippen LogP contribution in [0.4, 0.5) is 5.69 Å². The minimum absolute atomic E-state index is 0.161. The van der Waals surface area contributed by atoms with Gasteiger partial charge in [0.25, 0.3) is 0 Å². The molecular weight excluding hydrogens is 300 g/mol. The Morgan fingerprint density at radius 1 is 1.21 bits per heavy atom. The fourth-order valence-electron chi connectivity index (χ4n) is 2.72. The van der Waals surface area contributed by atoms with E-state index in [9.17, 15) is 4.79 Å². The van der Waals surface area contributed by atoms with Crippen molar-refractivity contribution >= 4 is 22.6 Å². The van der Waals surface area contributed by atoms with Crippen molar-refractivity contribution < 1.29 is 4.79 Å². The normalized spacial score (nSPS) is 10.8. The predicted octanol–water partition coefficient (Wildman–Crippen LogP) is 3.67. The summed E-state index contributed by atoms with van der Waals surface area (Å²) in [6, 6.07) is 16.8. The van der Waals surface area contributed by atoms with Crippen molar-refractivity contribution in [2.75, 3.05) is 5.32 Å². The van der Waals surface area contributed by atoms with Gasteiger partial charge in [0.15, 0.2) is 0 Å². The van der Waals surface area contributed by atoms with Crippen LogP contribution in [0.5, 0.6) is 0 Å². The van der Waals surface area contributed by atoms with Crippen LogP contribution < -0.4 is 5.32 Å². The van der Waals surface area contributed by atoms with Crippen LogP contribution in [-0.4, -0.2) is 15.5 Å². The number of imidazole rings is 1. The third kappa shape index (κ3) is 2.99. The van der Waals surface area contributed by atoms with Crippen LogP contribution >= 0.6 is 0 Å². The van der Waals surface area contributed by atoms with Crippen molar-refractivity contribution in [3.63, 3.8) is 0 Å². The summed E-state index contributed by atoms with van der Waals surface area (Å²) in [6.07, 6.45) is 0. The van der Waals surface area contributed by atoms with E-state index >= 15 is 0 Å². The Labute approximate surface area is 140 Å². The molecule has 0 aliphatic carbocycles. The molecule has 1 N–H and O–H groups in total. The van der Waals surface area contributed by atoms with Gasteiger partial charge >= 0.3 is 0 Å². The summed E-state index contributed by atoms with van der Waals surface area (Å²) in [5.74, 6) is 0.902. The second-order valence-electron chi connectivity index (χ2n) is 5.91. The zero-order valence-electron chi connectivity index (χ0n) is 13.7. The van der Waals surface area contributed by atoms with E-state index < -0.39 is 0 Å². The van der Waals surface area contributed by atoms with Gasteiger partial charge in [0, 0.05) is 5.92 Å². The molecule has 5 nitrogen and oxygen atoms in total. The summed E-state index contributed by atoms with van der Waals surface area (Å²) < 4.78 is 1.93. The number of hydrogen-bond donors (Lipinski definition) is 1. The number of amides is 1. The largest absolute Gasteiger partial charge is 0.323 e. The van der Waals surface area contributed by atoms with Gasteiger partial charge in [0.1, 0.15) is 18.4 Å². The maximum Gasteiger partial charge on any atom is 0.244 e. The smallest absolute Gasteiger partial charge is 0.244 e. The number of benzene rings is 2. The highest BCUT2D eigenvalue weighted by molar-refractivity contribution is 5.93. The Bertz CT molecular complexity index is 934. The zero-order chi connectivity index (χ0) is 17.1. The number of carbonyl (C=O) groups excluding carboxylic acids is 1. The summed E-state index contributed by atoms with van der Waals surface area (Å²) in [5, 5.41) is 12.0. The van der Waals surface area contributed by atoms with Crippen LogP contribution in [0.2, 0.25) is 0 Å². The molecule has 0 aliphatic rings. The molecule has 3 aromatic rings. The number of hydrogen-bond acceptors (Lipinski definition) is 3. The molecule has 24 heavy (non-hydrogen) atoms. The molecule has 0 saturated carbocycles. The SMILES string of the molecule is CC(C)c1nc2ccccc2n1CC(=O)Nc1ccccc1C#N. The Kier molecular flexibility index (Phi) is 4.30. The molecule has 1 amide bonds. The highest BCUT2D eigenvalue weighted by Crippen LogP contribution is 2.22. The third-order valence-corrected chi connectivity index (χ3v) is 3.82. The number of fused-ring (bicyclic) bond motifs is 1. The Morgan fingerprint density at radius 3 is 2.67 bits per heavy atom. The van der Waals surface area contributed by atoms with Crippen molar-refractivity contribution in [2.24, 2.45) is 0 Å². The number of para-hydroxylation sites is 3. The summed E-state index contributed by atoms with van der Waals surface area (Å²) in [7, 11) is 0. The number of nitriles is 1. The molecule has 0 atom stereocenters. The van der Waals surface area contributed by atoms with Crippen LogP contribution in [0.25, 0.3) is 11.0 Å². The van der Waals surface area contributed by atoms with Crippen molar-refractivity contribution in [2.45, 2.75) is 26.3 Å². The van der Waals surface area contributed by atoms with Gasteiger partial charge in [-0.2, -0.15) is 5.26 Å². The first-order valence-corrected chi connectivity index (χ1v) is 7.84. The number of nitrogens with zero attached hydrogens (tertiary/aromatic N) is 3. The highest BCUT2D eigenvalue weighted by atomic mass is 16.1. The van der Waals surface area contributed by atoms with Gasteiger partial charge in [0.2, 0.25) is 5.91 Å². The molecule has 0 fully saturated rings. The van der Waals surface area contributed by atoms with E-state index in [4.69, 9.17) is 5.26 Å². The molecule has 0 bridgehead atoms. The molecule has 0 saturated heterocycles. The van der Waals surface area contributed by atoms with E-state index in [1.54, 1.807) is 24.3 Å². The number of rotatable bonds is 4. The second kappa shape index (κ2) is 6.55. The number of anilines is 1. The van der Waals surface area contributed by atoms with E-state index in [1.165, 1.54) is 0 Å². The Balaban J connectivity index is 1.91. The van der Waals surface area contributed by atoms with Crippen LogP contribution in [0, 0.1) is 11.3 Å². The van der Waals surface area contributed by atoms with Crippen LogP contribution in [0.15, 0.2) is 48.5 Å². The maximum absolute atomic E-state index is 12.5. The van der Waals surface area contributed by atoms with Gasteiger partial charge in [-0.15, -0.1) is 0 Å². The number of aromatic nitrogens is 2. The van der Waals surface area contributed by atoms with Gasteiger partial charge in [-0.25, -0.2) is 4.98 Å². The minimum atomic E-state index is -0.178. The van der Waals surface area contributed by atoms with Gasteiger partial charge < -0.3 is 9.88 Å². The molecule has 5 heteroatoms. The Hall–Kier alpha value is -3.13. The molecule has 0 spiro atoms. The average Bonchev–Trinajstić information content (AvgIpc) is 2.94.